The van der Waals surface area contributed by atoms with Crippen molar-refractivity contribution in [2.75, 3.05) is 18.0 Å². The summed E-state index contributed by atoms with van der Waals surface area (Å²) in [5.41, 5.74) is 2.20. The van der Waals surface area contributed by atoms with E-state index < -0.39 is 0 Å². The monoisotopic (exact) mass is 278 g/mol. The van der Waals surface area contributed by atoms with Crippen molar-refractivity contribution >= 4 is 17.8 Å². The van der Waals surface area contributed by atoms with Gasteiger partial charge < -0.3 is 9.64 Å². The van der Waals surface area contributed by atoms with Crippen molar-refractivity contribution in [3.05, 3.63) is 33.9 Å². The fourth-order valence-corrected chi connectivity index (χ4v) is 2.49. The number of non-ortho nitro benzene ring substituents is 1. The SMILES string of the molecule is CC(CCN1CCCc2ccc([N+](=O)[O-])cc21)OC=O. The summed E-state index contributed by atoms with van der Waals surface area (Å²) in [5.74, 6) is 0. The zero-order valence-electron chi connectivity index (χ0n) is 11.4. The van der Waals surface area contributed by atoms with Crippen LogP contribution < -0.4 is 4.90 Å². The Morgan fingerprint density at radius 3 is 3.05 bits per heavy atom. The van der Waals surface area contributed by atoms with E-state index >= 15 is 0 Å². The summed E-state index contributed by atoms with van der Waals surface area (Å²) < 4.78 is 4.87. The molecule has 0 N–H and O–H groups in total. The van der Waals surface area contributed by atoms with E-state index in [1.165, 1.54) is 0 Å². The Kier molecular flexibility index (Phi) is 4.55. The molecule has 0 aromatic heterocycles. The Labute approximate surface area is 117 Å². The van der Waals surface area contributed by atoms with Crippen LogP contribution >= 0.6 is 0 Å². The first-order valence-corrected chi connectivity index (χ1v) is 6.73. The van der Waals surface area contributed by atoms with Gasteiger partial charge in [0.1, 0.15) is 6.10 Å². The van der Waals surface area contributed by atoms with Crippen molar-refractivity contribution in [1.29, 1.82) is 0 Å². The Morgan fingerprint density at radius 1 is 1.55 bits per heavy atom. The van der Waals surface area contributed by atoms with Gasteiger partial charge in [0.15, 0.2) is 0 Å². The molecule has 0 saturated heterocycles. The molecule has 1 heterocycles. The number of nitro benzene ring substituents is 1. The summed E-state index contributed by atoms with van der Waals surface area (Å²) in [6, 6.07) is 5.03. The van der Waals surface area contributed by atoms with Crippen molar-refractivity contribution < 1.29 is 14.5 Å². The molecule has 0 aliphatic carbocycles. The molecule has 20 heavy (non-hydrogen) atoms. The maximum absolute atomic E-state index is 10.9. The summed E-state index contributed by atoms with van der Waals surface area (Å²) >= 11 is 0. The molecular weight excluding hydrogens is 260 g/mol. The molecule has 1 aliphatic rings. The number of ether oxygens (including phenoxy) is 1. The van der Waals surface area contributed by atoms with Crippen molar-refractivity contribution in [2.45, 2.75) is 32.3 Å². The number of nitrogens with zero attached hydrogens (tertiary/aromatic N) is 2. The lowest BCUT2D eigenvalue weighted by atomic mass is 10.0. The molecule has 1 unspecified atom stereocenters. The molecular formula is C14H18N2O4. The molecule has 108 valence electrons. The molecule has 0 bridgehead atoms. The summed E-state index contributed by atoms with van der Waals surface area (Å²) in [7, 11) is 0. The van der Waals surface area contributed by atoms with Gasteiger partial charge in [-0.25, -0.2) is 0 Å². The standard InChI is InChI=1S/C14H18N2O4/c1-11(20-10-17)6-8-15-7-2-3-12-4-5-13(16(18)19)9-14(12)15/h4-5,9-11H,2-3,6-8H2,1H3. The van der Waals surface area contributed by atoms with Gasteiger partial charge in [0.25, 0.3) is 12.2 Å². The largest absolute Gasteiger partial charge is 0.465 e. The van der Waals surface area contributed by atoms with Crippen molar-refractivity contribution in [3.8, 4) is 0 Å². The lowest BCUT2D eigenvalue weighted by Crippen LogP contribution is -2.32. The lowest BCUT2D eigenvalue weighted by Gasteiger charge is -2.31. The molecule has 6 nitrogen and oxygen atoms in total. The topological polar surface area (TPSA) is 72.7 Å². The number of anilines is 1. The smallest absolute Gasteiger partial charge is 0.293 e. The highest BCUT2D eigenvalue weighted by atomic mass is 16.6. The molecule has 0 fully saturated rings. The minimum absolute atomic E-state index is 0.118. The third kappa shape index (κ3) is 3.26. The van der Waals surface area contributed by atoms with Crippen LogP contribution in [-0.4, -0.2) is 30.6 Å². The van der Waals surface area contributed by atoms with Gasteiger partial charge in [-0.1, -0.05) is 6.07 Å². The van der Waals surface area contributed by atoms with Crippen LogP contribution in [-0.2, 0) is 16.0 Å². The quantitative estimate of drug-likeness (QED) is 0.453. The first kappa shape index (κ1) is 14.3. The predicted molar refractivity (Wildman–Crippen MR) is 74.9 cm³/mol. The Balaban J connectivity index is 2.12. The number of aryl methyl sites for hydroxylation is 1. The molecule has 1 aliphatic heterocycles. The number of hydrogen-bond donors (Lipinski definition) is 0. The van der Waals surface area contributed by atoms with Gasteiger partial charge in [-0.3, -0.25) is 14.9 Å². The number of rotatable bonds is 6. The Morgan fingerprint density at radius 2 is 2.35 bits per heavy atom. The van der Waals surface area contributed by atoms with E-state index in [9.17, 15) is 14.9 Å². The highest BCUT2D eigenvalue weighted by molar-refractivity contribution is 5.60. The molecule has 1 atom stereocenters. The van der Waals surface area contributed by atoms with Gasteiger partial charge >= 0.3 is 0 Å². The highest BCUT2D eigenvalue weighted by Gasteiger charge is 2.20. The minimum Gasteiger partial charge on any atom is -0.465 e. The second-order valence-corrected chi connectivity index (χ2v) is 4.99. The molecule has 1 aromatic carbocycles. The van der Waals surface area contributed by atoms with Crippen LogP contribution in [0.4, 0.5) is 11.4 Å². The maximum atomic E-state index is 10.9. The van der Waals surface area contributed by atoms with Gasteiger partial charge in [-0.05, 0) is 25.3 Å². The number of benzene rings is 1. The van der Waals surface area contributed by atoms with Crippen molar-refractivity contribution in [1.82, 2.24) is 0 Å². The average molecular weight is 278 g/mol. The molecule has 0 saturated carbocycles. The summed E-state index contributed by atoms with van der Waals surface area (Å²) in [4.78, 5) is 22.9. The zero-order valence-corrected chi connectivity index (χ0v) is 11.4. The summed E-state index contributed by atoms with van der Waals surface area (Å²) in [6.45, 7) is 3.90. The van der Waals surface area contributed by atoms with Crippen LogP contribution in [0.3, 0.4) is 0 Å². The van der Waals surface area contributed by atoms with Gasteiger partial charge in [-0.15, -0.1) is 0 Å². The highest BCUT2D eigenvalue weighted by Crippen LogP contribution is 2.31. The van der Waals surface area contributed by atoms with Crippen LogP contribution in [0.1, 0.15) is 25.3 Å². The van der Waals surface area contributed by atoms with Gasteiger partial charge in [0.2, 0.25) is 0 Å². The number of nitro groups is 1. The number of hydrogen-bond acceptors (Lipinski definition) is 5. The fraction of sp³-hybridized carbons (Fsp3) is 0.500. The van der Waals surface area contributed by atoms with Crippen molar-refractivity contribution in [3.63, 3.8) is 0 Å². The van der Waals surface area contributed by atoms with E-state index in [1.807, 2.05) is 13.0 Å². The second kappa shape index (κ2) is 6.36. The van der Waals surface area contributed by atoms with Crippen molar-refractivity contribution in [2.24, 2.45) is 0 Å². The van der Waals surface area contributed by atoms with E-state index in [4.69, 9.17) is 4.74 Å². The minimum atomic E-state index is -0.370. The predicted octanol–water partition coefficient (Wildman–Crippen LogP) is 2.30. The van der Waals surface area contributed by atoms with E-state index in [2.05, 4.69) is 4.90 Å². The first-order chi connectivity index (χ1) is 9.61. The van der Waals surface area contributed by atoms with Gasteiger partial charge in [0, 0.05) is 37.3 Å². The maximum Gasteiger partial charge on any atom is 0.293 e. The molecule has 2 rings (SSSR count). The summed E-state index contributed by atoms with van der Waals surface area (Å²) in [5, 5.41) is 10.9. The normalized spacial score (nSPS) is 15.3. The number of carbonyl (C=O) groups excluding carboxylic acids is 1. The molecule has 0 radical (unpaired) electrons. The van der Waals surface area contributed by atoms with Gasteiger partial charge in [-0.2, -0.15) is 0 Å². The molecule has 1 aromatic rings. The van der Waals surface area contributed by atoms with E-state index in [1.54, 1.807) is 12.1 Å². The lowest BCUT2D eigenvalue weighted by molar-refractivity contribution is -0.384. The number of fused-ring (bicyclic) bond motifs is 1. The van der Waals surface area contributed by atoms with Crippen LogP contribution in [0.15, 0.2) is 18.2 Å². The fourth-order valence-electron chi connectivity index (χ4n) is 2.49. The Hall–Kier alpha value is -2.11. The number of carbonyl (C=O) groups is 1. The van der Waals surface area contributed by atoms with Crippen LogP contribution in [0, 0.1) is 10.1 Å². The third-order valence-corrected chi connectivity index (χ3v) is 3.59. The van der Waals surface area contributed by atoms with Crippen LogP contribution in [0.5, 0.6) is 0 Å². The van der Waals surface area contributed by atoms with E-state index in [-0.39, 0.29) is 16.7 Å². The molecule has 0 spiro atoms. The average Bonchev–Trinajstić information content (AvgIpc) is 2.44. The Bertz CT molecular complexity index is 504. The molecule has 6 heteroatoms. The zero-order chi connectivity index (χ0) is 14.5. The van der Waals surface area contributed by atoms with Crippen LogP contribution in [0.2, 0.25) is 0 Å². The second-order valence-electron chi connectivity index (χ2n) is 4.99. The first-order valence-electron chi connectivity index (χ1n) is 6.73. The van der Waals surface area contributed by atoms with Gasteiger partial charge in [0.05, 0.1) is 4.92 Å². The van der Waals surface area contributed by atoms with E-state index in [0.717, 1.165) is 37.2 Å². The van der Waals surface area contributed by atoms with E-state index in [0.29, 0.717) is 12.9 Å². The van der Waals surface area contributed by atoms with Crippen LogP contribution in [0.25, 0.3) is 0 Å². The third-order valence-electron chi connectivity index (χ3n) is 3.59. The summed E-state index contributed by atoms with van der Waals surface area (Å²) in [6.07, 6.45) is 2.55. The molecule has 0 amide bonds.